The molecular weight excluding hydrogens is 276 g/mol. The number of amides is 1. The molecule has 1 atom stereocenters. The minimum Gasteiger partial charge on any atom is -0.345 e. The molecule has 3 rings (SSSR count). The number of aromatic amines is 1. The van der Waals surface area contributed by atoms with E-state index >= 15 is 0 Å². The van der Waals surface area contributed by atoms with Crippen LogP contribution in [-0.4, -0.2) is 10.9 Å². The fourth-order valence-electron chi connectivity index (χ4n) is 2.97. The highest BCUT2D eigenvalue weighted by molar-refractivity contribution is 5.94. The number of aryl methyl sites for hydroxylation is 3. The second kappa shape index (κ2) is 5.79. The summed E-state index contributed by atoms with van der Waals surface area (Å²) in [6.07, 6.45) is 3.47. The molecule has 0 saturated carbocycles. The Morgan fingerprint density at radius 2 is 1.95 bits per heavy atom. The highest BCUT2D eigenvalue weighted by atomic mass is 16.2. The molecule has 1 aromatic carbocycles. The maximum Gasteiger partial charge on any atom is 0.260 e. The largest absolute Gasteiger partial charge is 0.345 e. The van der Waals surface area contributed by atoms with Crippen LogP contribution < -0.4 is 10.9 Å². The van der Waals surface area contributed by atoms with Crippen LogP contribution in [0.1, 0.15) is 52.1 Å². The second-order valence-electron chi connectivity index (χ2n) is 5.96. The van der Waals surface area contributed by atoms with E-state index in [0.29, 0.717) is 0 Å². The summed E-state index contributed by atoms with van der Waals surface area (Å²) in [6.45, 7) is 3.73. The normalized spacial score (nSPS) is 14.5. The molecule has 0 bridgehead atoms. The molecule has 114 valence electrons. The number of fused-ring (bicyclic) bond motifs is 1. The van der Waals surface area contributed by atoms with E-state index in [9.17, 15) is 9.59 Å². The predicted octanol–water partition coefficient (Wildman–Crippen LogP) is 2.66. The van der Waals surface area contributed by atoms with E-state index in [-0.39, 0.29) is 23.1 Å². The lowest BCUT2D eigenvalue weighted by Crippen LogP contribution is -2.31. The Labute approximate surface area is 129 Å². The lowest BCUT2D eigenvalue weighted by Gasteiger charge is -2.15. The van der Waals surface area contributed by atoms with Crippen LogP contribution in [0.3, 0.4) is 0 Å². The van der Waals surface area contributed by atoms with E-state index in [1.165, 1.54) is 17.5 Å². The molecule has 0 aliphatic heterocycles. The van der Waals surface area contributed by atoms with Crippen LogP contribution in [0.15, 0.2) is 35.1 Å². The van der Waals surface area contributed by atoms with Crippen molar-refractivity contribution in [1.29, 1.82) is 0 Å². The minimum atomic E-state index is -0.348. The van der Waals surface area contributed by atoms with Gasteiger partial charge >= 0.3 is 0 Å². The zero-order chi connectivity index (χ0) is 15.7. The average Bonchev–Trinajstić information content (AvgIpc) is 2.94. The molecule has 4 heteroatoms. The van der Waals surface area contributed by atoms with Crippen molar-refractivity contribution in [3.63, 3.8) is 0 Å². The molecule has 0 saturated heterocycles. The topological polar surface area (TPSA) is 62.0 Å². The Morgan fingerprint density at radius 1 is 1.18 bits per heavy atom. The van der Waals surface area contributed by atoms with E-state index in [1.54, 1.807) is 19.1 Å². The van der Waals surface area contributed by atoms with Gasteiger partial charge in [-0.15, -0.1) is 0 Å². The van der Waals surface area contributed by atoms with Gasteiger partial charge in [-0.05, 0) is 61.9 Å². The van der Waals surface area contributed by atoms with Crippen LogP contribution >= 0.6 is 0 Å². The number of benzene rings is 1. The van der Waals surface area contributed by atoms with E-state index in [4.69, 9.17) is 0 Å². The van der Waals surface area contributed by atoms with Crippen LogP contribution in [0, 0.1) is 6.92 Å². The lowest BCUT2D eigenvalue weighted by atomic mass is 10.0. The van der Waals surface area contributed by atoms with Gasteiger partial charge in [0.2, 0.25) is 0 Å². The molecular formula is C18H20N2O2. The highest BCUT2D eigenvalue weighted by Gasteiger charge is 2.17. The van der Waals surface area contributed by atoms with Gasteiger partial charge in [-0.2, -0.15) is 0 Å². The standard InChI is InChI=1S/C18H20N2O2/c1-11-6-9-16(17(21)19-11)18(22)20-12(2)14-8-7-13-4-3-5-15(13)10-14/h6-10,12H,3-5H2,1-2H3,(H,19,21)(H,20,22)/t12-/m0/s1. The number of carbonyl (C=O) groups is 1. The van der Waals surface area contributed by atoms with Crippen molar-refractivity contribution in [3.05, 3.63) is 68.6 Å². The van der Waals surface area contributed by atoms with Crippen molar-refractivity contribution in [2.45, 2.75) is 39.2 Å². The SMILES string of the molecule is Cc1ccc(C(=O)N[C@@H](C)c2ccc3c(c2)CCC3)c(=O)[nH]1. The van der Waals surface area contributed by atoms with Crippen LogP contribution in [0.2, 0.25) is 0 Å². The number of hydrogen-bond acceptors (Lipinski definition) is 2. The first kappa shape index (κ1) is 14.6. The van der Waals surface area contributed by atoms with E-state index in [2.05, 4.69) is 28.5 Å². The third-order valence-corrected chi connectivity index (χ3v) is 4.27. The molecule has 1 heterocycles. The summed E-state index contributed by atoms with van der Waals surface area (Å²) < 4.78 is 0. The van der Waals surface area contributed by atoms with Crippen molar-refractivity contribution in [1.82, 2.24) is 10.3 Å². The smallest absolute Gasteiger partial charge is 0.260 e. The number of pyridine rings is 1. The third-order valence-electron chi connectivity index (χ3n) is 4.27. The van der Waals surface area contributed by atoms with Crippen LogP contribution in [0.5, 0.6) is 0 Å². The first-order valence-electron chi connectivity index (χ1n) is 7.67. The third kappa shape index (κ3) is 2.82. The van der Waals surface area contributed by atoms with Crippen LogP contribution in [-0.2, 0) is 12.8 Å². The fraction of sp³-hybridized carbons (Fsp3) is 0.333. The number of nitrogens with one attached hydrogen (secondary N) is 2. The molecule has 2 N–H and O–H groups in total. The molecule has 1 aliphatic rings. The number of rotatable bonds is 3. The zero-order valence-electron chi connectivity index (χ0n) is 12.9. The molecule has 22 heavy (non-hydrogen) atoms. The predicted molar refractivity (Wildman–Crippen MR) is 86.1 cm³/mol. The van der Waals surface area contributed by atoms with Crippen molar-refractivity contribution in [2.75, 3.05) is 0 Å². The Bertz CT molecular complexity index is 777. The lowest BCUT2D eigenvalue weighted by molar-refractivity contribution is 0.0938. The summed E-state index contributed by atoms with van der Waals surface area (Å²) in [6, 6.07) is 9.56. The summed E-state index contributed by atoms with van der Waals surface area (Å²) in [7, 11) is 0. The Kier molecular flexibility index (Phi) is 3.84. The first-order valence-corrected chi connectivity index (χ1v) is 7.67. The Hall–Kier alpha value is -2.36. The molecule has 2 aromatic rings. The molecule has 1 aromatic heterocycles. The van der Waals surface area contributed by atoms with Gasteiger partial charge in [0.25, 0.3) is 11.5 Å². The molecule has 0 unspecified atom stereocenters. The molecule has 0 radical (unpaired) electrons. The Morgan fingerprint density at radius 3 is 2.73 bits per heavy atom. The van der Waals surface area contributed by atoms with Gasteiger partial charge in [0.05, 0.1) is 6.04 Å². The summed E-state index contributed by atoms with van der Waals surface area (Å²) in [5.74, 6) is -0.339. The number of H-pyrrole nitrogens is 1. The zero-order valence-corrected chi connectivity index (χ0v) is 12.9. The summed E-state index contributed by atoms with van der Waals surface area (Å²) >= 11 is 0. The molecule has 1 aliphatic carbocycles. The van der Waals surface area contributed by atoms with Gasteiger partial charge in [-0.1, -0.05) is 18.2 Å². The van der Waals surface area contributed by atoms with Gasteiger partial charge < -0.3 is 10.3 Å². The first-order chi connectivity index (χ1) is 10.5. The van der Waals surface area contributed by atoms with Gasteiger partial charge in [-0.3, -0.25) is 9.59 Å². The minimum absolute atomic E-state index is 0.126. The average molecular weight is 296 g/mol. The highest BCUT2D eigenvalue weighted by Crippen LogP contribution is 2.25. The number of hydrogen-bond donors (Lipinski definition) is 2. The van der Waals surface area contributed by atoms with Crippen molar-refractivity contribution >= 4 is 5.91 Å². The summed E-state index contributed by atoms with van der Waals surface area (Å²) in [5, 5.41) is 2.91. The van der Waals surface area contributed by atoms with Gasteiger partial charge in [0, 0.05) is 5.69 Å². The number of carbonyl (C=O) groups excluding carboxylic acids is 1. The summed E-state index contributed by atoms with van der Waals surface area (Å²) in [5.41, 5.74) is 4.42. The molecule has 1 amide bonds. The molecule has 4 nitrogen and oxygen atoms in total. The Balaban J connectivity index is 1.77. The van der Waals surface area contributed by atoms with Crippen molar-refractivity contribution < 1.29 is 4.79 Å². The molecule has 0 spiro atoms. The second-order valence-corrected chi connectivity index (χ2v) is 5.96. The monoisotopic (exact) mass is 296 g/mol. The fourth-order valence-corrected chi connectivity index (χ4v) is 2.97. The van der Waals surface area contributed by atoms with Gasteiger partial charge in [0.15, 0.2) is 0 Å². The number of aromatic nitrogens is 1. The quantitative estimate of drug-likeness (QED) is 0.914. The maximum absolute atomic E-state index is 12.3. The van der Waals surface area contributed by atoms with Crippen molar-refractivity contribution in [3.8, 4) is 0 Å². The van der Waals surface area contributed by atoms with Gasteiger partial charge in [0.1, 0.15) is 5.56 Å². The van der Waals surface area contributed by atoms with E-state index < -0.39 is 0 Å². The maximum atomic E-state index is 12.3. The van der Waals surface area contributed by atoms with E-state index in [0.717, 1.165) is 24.1 Å². The van der Waals surface area contributed by atoms with E-state index in [1.807, 2.05) is 6.92 Å². The summed E-state index contributed by atoms with van der Waals surface area (Å²) in [4.78, 5) is 26.7. The van der Waals surface area contributed by atoms with Gasteiger partial charge in [-0.25, -0.2) is 0 Å². The molecule has 0 fully saturated rings. The van der Waals surface area contributed by atoms with Crippen LogP contribution in [0.4, 0.5) is 0 Å². The van der Waals surface area contributed by atoms with Crippen molar-refractivity contribution in [2.24, 2.45) is 0 Å². The van der Waals surface area contributed by atoms with Crippen LogP contribution in [0.25, 0.3) is 0 Å².